The summed E-state index contributed by atoms with van der Waals surface area (Å²) in [6.07, 6.45) is 0. The minimum absolute atomic E-state index is 0.174. The number of carbonyl (C=O) groups is 2. The van der Waals surface area contributed by atoms with Crippen LogP contribution in [0.4, 0.5) is 0 Å². The molecule has 2 N–H and O–H groups in total. The van der Waals surface area contributed by atoms with Gasteiger partial charge in [0, 0.05) is 28.6 Å². The summed E-state index contributed by atoms with van der Waals surface area (Å²) in [7, 11) is 3.03. The molecule has 0 atom stereocenters. The molecule has 1 heterocycles. The number of esters is 1. The summed E-state index contributed by atoms with van der Waals surface area (Å²) in [6, 6.07) is 18.2. The highest BCUT2D eigenvalue weighted by atomic mass is 16.5. The summed E-state index contributed by atoms with van der Waals surface area (Å²) in [5.41, 5.74) is 2.73. The Labute approximate surface area is 213 Å². The highest BCUT2D eigenvalue weighted by molar-refractivity contribution is 6.09. The quantitative estimate of drug-likeness (QED) is 0.271. The number of aromatic amines is 1. The summed E-state index contributed by atoms with van der Waals surface area (Å²) >= 11 is 0. The fraction of sp³-hybridized carbons (Fsp3) is 0.214. The smallest absolute Gasteiger partial charge is 0.355 e. The van der Waals surface area contributed by atoms with Crippen molar-refractivity contribution in [2.75, 3.05) is 27.4 Å². The summed E-state index contributed by atoms with van der Waals surface area (Å²) in [5, 5.41) is 9.81. The molecule has 0 spiro atoms. The van der Waals surface area contributed by atoms with Gasteiger partial charge in [-0.15, -0.1) is 0 Å². The second kappa shape index (κ2) is 11.4. The van der Waals surface area contributed by atoms with Gasteiger partial charge in [0.1, 0.15) is 23.8 Å². The Morgan fingerprint density at radius 1 is 0.892 bits per heavy atom. The van der Waals surface area contributed by atoms with Gasteiger partial charge >= 0.3 is 11.9 Å². The molecule has 37 heavy (non-hydrogen) atoms. The minimum Gasteiger partial charge on any atom is -0.497 e. The first kappa shape index (κ1) is 25.4. The Balaban J connectivity index is 1.87. The number of carboxylic acids is 1. The molecule has 0 aliphatic heterocycles. The Bertz CT molecular complexity index is 1410. The molecule has 0 aliphatic carbocycles. The van der Waals surface area contributed by atoms with Crippen molar-refractivity contribution in [3.63, 3.8) is 0 Å². The third-order valence-corrected chi connectivity index (χ3v) is 5.61. The fourth-order valence-electron chi connectivity index (χ4n) is 3.94. The summed E-state index contributed by atoms with van der Waals surface area (Å²) in [4.78, 5) is 27.3. The van der Waals surface area contributed by atoms with Gasteiger partial charge in [-0.25, -0.2) is 9.59 Å². The lowest BCUT2D eigenvalue weighted by atomic mass is 10.00. The van der Waals surface area contributed by atoms with Crippen molar-refractivity contribution in [1.82, 2.24) is 4.98 Å². The van der Waals surface area contributed by atoms with E-state index in [1.165, 1.54) is 14.2 Å². The summed E-state index contributed by atoms with van der Waals surface area (Å²) in [5.74, 6) is -0.0632. The topological polar surface area (TPSA) is 116 Å². The van der Waals surface area contributed by atoms with E-state index < -0.39 is 18.5 Å². The molecule has 1 aromatic heterocycles. The average molecular weight is 506 g/mol. The molecule has 0 saturated heterocycles. The third kappa shape index (κ3) is 5.61. The van der Waals surface area contributed by atoms with E-state index in [1.54, 1.807) is 37.3 Å². The molecular weight excluding hydrogens is 478 g/mol. The highest BCUT2D eigenvalue weighted by Gasteiger charge is 2.25. The van der Waals surface area contributed by atoms with E-state index in [0.717, 1.165) is 5.56 Å². The maximum Gasteiger partial charge on any atom is 0.355 e. The summed E-state index contributed by atoms with van der Waals surface area (Å²) in [6.45, 7) is 1.64. The van der Waals surface area contributed by atoms with Crippen molar-refractivity contribution in [2.45, 2.75) is 13.5 Å². The van der Waals surface area contributed by atoms with E-state index >= 15 is 0 Å². The lowest BCUT2D eigenvalue weighted by molar-refractivity contribution is -0.139. The SMILES string of the molecule is CCOC(=O)c1[nH]c2cc(OCc3ccccc3)c(OC)cc2c1-c1ccc(OC)cc1OCC(=O)O. The lowest BCUT2D eigenvalue weighted by Crippen LogP contribution is -2.11. The molecule has 0 bridgehead atoms. The predicted octanol–water partition coefficient (Wildman–Crippen LogP) is 5.07. The van der Waals surface area contributed by atoms with Gasteiger partial charge in [-0.2, -0.15) is 0 Å². The molecule has 4 rings (SSSR count). The number of benzene rings is 3. The van der Waals surface area contributed by atoms with E-state index in [2.05, 4.69) is 4.98 Å². The van der Waals surface area contributed by atoms with Crippen molar-refractivity contribution in [3.8, 4) is 34.1 Å². The van der Waals surface area contributed by atoms with Gasteiger partial charge in [0.05, 0.1) is 26.3 Å². The molecule has 9 nitrogen and oxygen atoms in total. The Morgan fingerprint density at radius 2 is 1.68 bits per heavy atom. The summed E-state index contributed by atoms with van der Waals surface area (Å²) < 4.78 is 27.8. The zero-order chi connectivity index (χ0) is 26.4. The number of carboxylic acid groups (broad SMARTS) is 1. The number of aromatic nitrogens is 1. The van der Waals surface area contributed by atoms with E-state index in [1.807, 2.05) is 30.3 Å². The number of aliphatic carboxylic acids is 1. The standard InChI is InChI=1S/C28H27NO8/c1-4-35-28(32)27-26(19-11-10-18(33-2)12-22(19)37-16-25(30)31)20-13-23(34-3)24(14-21(20)29-27)36-15-17-8-6-5-7-9-17/h5-14,29H,4,15-16H2,1-3H3,(H,30,31). The van der Waals surface area contributed by atoms with Gasteiger partial charge in [-0.05, 0) is 30.7 Å². The number of methoxy groups -OCH3 is 2. The lowest BCUT2D eigenvalue weighted by Gasteiger charge is -2.14. The molecule has 192 valence electrons. The second-order valence-electron chi connectivity index (χ2n) is 7.96. The van der Waals surface area contributed by atoms with E-state index in [4.69, 9.17) is 23.7 Å². The van der Waals surface area contributed by atoms with Crippen LogP contribution in [-0.2, 0) is 16.1 Å². The normalized spacial score (nSPS) is 10.7. The number of nitrogens with one attached hydrogen (secondary N) is 1. The monoisotopic (exact) mass is 505 g/mol. The number of hydrogen-bond donors (Lipinski definition) is 2. The minimum atomic E-state index is -1.14. The van der Waals surface area contributed by atoms with Gasteiger partial charge in [0.25, 0.3) is 0 Å². The number of H-pyrrole nitrogens is 1. The van der Waals surface area contributed by atoms with Crippen LogP contribution in [0.5, 0.6) is 23.0 Å². The molecule has 0 unspecified atom stereocenters. The highest BCUT2D eigenvalue weighted by Crippen LogP contribution is 2.43. The van der Waals surface area contributed by atoms with Gasteiger partial charge in [0.2, 0.25) is 0 Å². The van der Waals surface area contributed by atoms with Crippen LogP contribution in [0.3, 0.4) is 0 Å². The molecule has 0 saturated carbocycles. The van der Waals surface area contributed by atoms with Crippen LogP contribution < -0.4 is 18.9 Å². The average Bonchev–Trinajstić information content (AvgIpc) is 3.28. The molecule has 4 aromatic rings. The maximum atomic E-state index is 13.0. The van der Waals surface area contributed by atoms with Crippen molar-refractivity contribution in [3.05, 3.63) is 71.9 Å². The Hall–Kier alpha value is -4.66. The van der Waals surface area contributed by atoms with Gasteiger partial charge in [-0.3, -0.25) is 0 Å². The van der Waals surface area contributed by atoms with Crippen LogP contribution in [-0.4, -0.2) is 49.5 Å². The van der Waals surface area contributed by atoms with E-state index in [9.17, 15) is 14.7 Å². The van der Waals surface area contributed by atoms with Crippen molar-refractivity contribution in [2.24, 2.45) is 0 Å². The van der Waals surface area contributed by atoms with Crippen LogP contribution in [0.1, 0.15) is 23.0 Å². The molecule has 0 radical (unpaired) electrons. The van der Waals surface area contributed by atoms with Crippen molar-refractivity contribution >= 4 is 22.8 Å². The number of hydrogen-bond acceptors (Lipinski definition) is 7. The number of fused-ring (bicyclic) bond motifs is 1. The molecule has 9 heteroatoms. The first-order valence-corrected chi connectivity index (χ1v) is 11.6. The third-order valence-electron chi connectivity index (χ3n) is 5.61. The molecular formula is C28H27NO8. The van der Waals surface area contributed by atoms with Crippen LogP contribution in [0.15, 0.2) is 60.7 Å². The van der Waals surface area contributed by atoms with Gasteiger partial charge in [-0.1, -0.05) is 30.3 Å². The zero-order valence-electron chi connectivity index (χ0n) is 20.7. The first-order chi connectivity index (χ1) is 17.9. The fourth-order valence-corrected chi connectivity index (χ4v) is 3.94. The Kier molecular flexibility index (Phi) is 7.83. The zero-order valence-corrected chi connectivity index (χ0v) is 20.7. The Morgan fingerprint density at radius 3 is 2.35 bits per heavy atom. The van der Waals surface area contributed by atoms with Gasteiger partial charge in [0.15, 0.2) is 18.1 Å². The van der Waals surface area contributed by atoms with Crippen LogP contribution in [0, 0.1) is 0 Å². The molecule has 0 amide bonds. The molecule has 0 aliphatic rings. The number of ether oxygens (including phenoxy) is 5. The van der Waals surface area contributed by atoms with Crippen molar-refractivity contribution < 1.29 is 38.4 Å². The van der Waals surface area contributed by atoms with Crippen LogP contribution in [0.25, 0.3) is 22.0 Å². The number of carbonyl (C=O) groups excluding carboxylic acids is 1. The molecule has 3 aromatic carbocycles. The second-order valence-corrected chi connectivity index (χ2v) is 7.96. The van der Waals surface area contributed by atoms with E-state index in [-0.39, 0.29) is 18.1 Å². The largest absolute Gasteiger partial charge is 0.497 e. The van der Waals surface area contributed by atoms with Crippen LogP contribution >= 0.6 is 0 Å². The van der Waals surface area contributed by atoms with E-state index in [0.29, 0.717) is 45.9 Å². The molecule has 0 fully saturated rings. The van der Waals surface area contributed by atoms with Gasteiger partial charge < -0.3 is 33.8 Å². The predicted molar refractivity (Wildman–Crippen MR) is 137 cm³/mol. The first-order valence-electron chi connectivity index (χ1n) is 11.6. The number of rotatable bonds is 11. The maximum absolute atomic E-state index is 13.0. The van der Waals surface area contributed by atoms with Crippen LogP contribution in [0.2, 0.25) is 0 Å². The van der Waals surface area contributed by atoms with Crippen molar-refractivity contribution in [1.29, 1.82) is 0 Å².